The Morgan fingerprint density at radius 2 is 1.48 bits per heavy atom. The Labute approximate surface area is 122 Å². The summed E-state index contributed by atoms with van der Waals surface area (Å²) in [6.07, 6.45) is 0. The van der Waals surface area contributed by atoms with Crippen LogP contribution < -0.4 is 10.5 Å². The molecule has 0 radical (unpaired) electrons. The quantitative estimate of drug-likeness (QED) is 0.539. The second-order valence-electron chi connectivity index (χ2n) is 5.12. The maximum Gasteiger partial charge on any atom is 0.195 e. The Kier molecular flexibility index (Phi) is 2.33. The predicted octanol–water partition coefficient (Wildman–Crippen LogP) is 3.64. The van der Waals surface area contributed by atoms with Crippen molar-refractivity contribution in [2.45, 2.75) is 0 Å². The maximum atomic E-state index is 12.8. The van der Waals surface area contributed by atoms with Gasteiger partial charge in [0.15, 0.2) is 11.5 Å². The van der Waals surface area contributed by atoms with Crippen LogP contribution in [0, 0.1) is 0 Å². The molecule has 3 aromatic rings. The number of hydrogen-bond acceptors (Lipinski definition) is 3. The fourth-order valence-corrected chi connectivity index (χ4v) is 3.18. The lowest BCUT2D eigenvalue weighted by Crippen LogP contribution is -2.01. The highest BCUT2D eigenvalue weighted by Gasteiger charge is 2.32. The maximum absolute atomic E-state index is 12.8. The van der Waals surface area contributed by atoms with Gasteiger partial charge >= 0.3 is 0 Å². The van der Waals surface area contributed by atoms with E-state index in [1.165, 1.54) is 0 Å². The Morgan fingerprint density at radius 1 is 0.857 bits per heavy atom. The molecule has 0 bridgehead atoms. The average Bonchev–Trinajstić information content (AvgIpc) is 2.82. The first-order chi connectivity index (χ1) is 10.2. The summed E-state index contributed by atoms with van der Waals surface area (Å²) >= 11 is 0. The summed E-state index contributed by atoms with van der Waals surface area (Å²) in [6.45, 7) is 0. The van der Waals surface area contributed by atoms with Crippen molar-refractivity contribution in [3.05, 3.63) is 59.7 Å². The second-order valence-corrected chi connectivity index (χ2v) is 5.12. The average molecular weight is 275 g/mol. The Bertz CT molecular complexity index is 912. The molecule has 3 nitrogen and oxygen atoms in total. The largest absolute Gasteiger partial charge is 0.494 e. The van der Waals surface area contributed by atoms with Crippen LogP contribution in [0.25, 0.3) is 21.9 Å². The third-order valence-corrected chi connectivity index (χ3v) is 4.08. The number of anilines is 1. The first-order valence-corrected chi connectivity index (χ1v) is 6.76. The molecule has 102 valence electrons. The molecule has 4 rings (SSSR count). The second kappa shape index (κ2) is 4.09. The number of methoxy groups -OCH3 is 1. The number of ketones is 1. The smallest absolute Gasteiger partial charge is 0.195 e. The number of ether oxygens (including phenoxy) is 1. The lowest BCUT2D eigenvalue weighted by Gasteiger charge is -2.14. The van der Waals surface area contributed by atoms with Gasteiger partial charge in [-0.15, -0.1) is 0 Å². The van der Waals surface area contributed by atoms with E-state index in [4.69, 9.17) is 10.5 Å². The van der Waals surface area contributed by atoms with Gasteiger partial charge in [0.25, 0.3) is 0 Å². The highest BCUT2D eigenvalue weighted by atomic mass is 16.5. The fraction of sp³-hybridized carbons (Fsp3) is 0.0556. The number of fused-ring (bicyclic) bond motifs is 5. The molecule has 2 N–H and O–H groups in total. The Balaban J connectivity index is 2.26. The van der Waals surface area contributed by atoms with Crippen LogP contribution in [0.4, 0.5) is 5.69 Å². The van der Waals surface area contributed by atoms with Crippen molar-refractivity contribution in [3.8, 4) is 16.9 Å². The first kappa shape index (κ1) is 12.0. The van der Waals surface area contributed by atoms with Crippen LogP contribution in [0.3, 0.4) is 0 Å². The molecular formula is C18H13NO2. The lowest BCUT2D eigenvalue weighted by atomic mass is 9.96. The minimum absolute atomic E-state index is 0.0371. The van der Waals surface area contributed by atoms with E-state index in [9.17, 15) is 4.79 Å². The molecule has 0 saturated heterocycles. The Hall–Kier alpha value is -2.81. The van der Waals surface area contributed by atoms with E-state index in [2.05, 4.69) is 0 Å². The van der Waals surface area contributed by atoms with Gasteiger partial charge in [0.2, 0.25) is 0 Å². The number of carbonyl (C=O) groups excluding carboxylic acids is 1. The van der Waals surface area contributed by atoms with Crippen LogP contribution in [0.5, 0.6) is 5.75 Å². The minimum atomic E-state index is 0.0371. The molecule has 0 amide bonds. The predicted molar refractivity (Wildman–Crippen MR) is 83.8 cm³/mol. The number of nitrogens with two attached hydrogens (primary N) is 1. The SMILES string of the molecule is COc1c2c(c3ccccc3c1N)C(=O)c1ccccc1-2. The van der Waals surface area contributed by atoms with Crippen LogP contribution in [0.15, 0.2) is 48.5 Å². The van der Waals surface area contributed by atoms with Crippen LogP contribution in [-0.4, -0.2) is 12.9 Å². The van der Waals surface area contributed by atoms with Crippen molar-refractivity contribution >= 4 is 22.2 Å². The van der Waals surface area contributed by atoms with Crippen LogP contribution in [0.2, 0.25) is 0 Å². The van der Waals surface area contributed by atoms with Crippen molar-refractivity contribution in [2.75, 3.05) is 12.8 Å². The summed E-state index contributed by atoms with van der Waals surface area (Å²) in [7, 11) is 1.59. The summed E-state index contributed by atoms with van der Waals surface area (Å²) < 4.78 is 5.52. The third kappa shape index (κ3) is 1.40. The van der Waals surface area contributed by atoms with E-state index in [1.807, 2.05) is 48.5 Å². The van der Waals surface area contributed by atoms with Crippen LogP contribution >= 0.6 is 0 Å². The molecule has 21 heavy (non-hydrogen) atoms. The molecule has 0 atom stereocenters. The monoisotopic (exact) mass is 275 g/mol. The van der Waals surface area contributed by atoms with Gasteiger partial charge in [0.05, 0.1) is 12.8 Å². The van der Waals surface area contributed by atoms with Gasteiger partial charge in [-0.25, -0.2) is 0 Å². The molecule has 0 saturated carbocycles. The number of benzene rings is 3. The zero-order chi connectivity index (χ0) is 14.6. The van der Waals surface area contributed by atoms with Gasteiger partial charge in [-0.3, -0.25) is 4.79 Å². The molecular weight excluding hydrogens is 262 g/mol. The van der Waals surface area contributed by atoms with Gasteiger partial charge in [-0.2, -0.15) is 0 Å². The highest BCUT2D eigenvalue weighted by Crippen LogP contribution is 2.49. The van der Waals surface area contributed by atoms with Crippen molar-refractivity contribution in [2.24, 2.45) is 0 Å². The zero-order valence-electron chi connectivity index (χ0n) is 11.5. The molecule has 0 spiro atoms. The van der Waals surface area contributed by atoms with Crippen LogP contribution in [0.1, 0.15) is 15.9 Å². The van der Waals surface area contributed by atoms with Gasteiger partial charge < -0.3 is 10.5 Å². The van der Waals surface area contributed by atoms with Crippen molar-refractivity contribution < 1.29 is 9.53 Å². The van der Waals surface area contributed by atoms with E-state index in [-0.39, 0.29) is 5.78 Å². The topological polar surface area (TPSA) is 52.3 Å². The number of nitrogen functional groups attached to an aromatic ring is 1. The molecule has 0 aromatic heterocycles. The third-order valence-electron chi connectivity index (χ3n) is 4.08. The summed E-state index contributed by atoms with van der Waals surface area (Å²) in [4.78, 5) is 12.8. The van der Waals surface area contributed by atoms with E-state index in [0.717, 1.165) is 21.9 Å². The van der Waals surface area contributed by atoms with Crippen LogP contribution in [-0.2, 0) is 0 Å². The summed E-state index contributed by atoms with van der Waals surface area (Å²) in [5, 5.41) is 1.74. The summed E-state index contributed by atoms with van der Waals surface area (Å²) in [5.74, 6) is 0.622. The standard InChI is InChI=1S/C18H13NO2/c1-21-18-15-11-7-3-5-9-13(11)17(20)14(15)10-6-2-4-8-12(10)16(18)19/h2-9H,19H2,1H3. The molecule has 0 heterocycles. The lowest BCUT2D eigenvalue weighted by molar-refractivity contribution is 0.104. The van der Waals surface area contributed by atoms with Gasteiger partial charge in [-0.1, -0.05) is 48.5 Å². The minimum Gasteiger partial charge on any atom is -0.494 e. The number of hydrogen-bond donors (Lipinski definition) is 1. The zero-order valence-corrected chi connectivity index (χ0v) is 11.5. The van der Waals surface area contributed by atoms with E-state index in [1.54, 1.807) is 7.11 Å². The number of rotatable bonds is 1. The van der Waals surface area contributed by atoms with E-state index < -0.39 is 0 Å². The molecule has 0 fully saturated rings. The molecule has 3 heteroatoms. The number of carbonyl (C=O) groups is 1. The molecule has 1 aliphatic carbocycles. The van der Waals surface area contributed by atoms with Crippen molar-refractivity contribution in [1.82, 2.24) is 0 Å². The fourth-order valence-electron chi connectivity index (χ4n) is 3.18. The molecule has 1 aliphatic rings. The van der Waals surface area contributed by atoms with Crippen molar-refractivity contribution in [1.29, 1.82) is 0 Å². The van der Waals surface area contributed by atoms with Crippen molar-refractivity contribution in [3.63, 3.8) is 0 Å². The van der Waals surface area contributed by atoms with Gasteiger partial charge in [-0.05, 0) is 10.9 Å². The van der Waals surface area contributed by atoms with E-state index >= 15 is 0 Å². The molecule has 3 aromatic carbocycles. The van der Waals surface area contributed by atoms with Gasteiger partial charge in [0, 0.05) is 22.1 Å². The first-order valence-electron chi connectivity index (χ1n) is 6.76. The Morgan fingerprint density at radius 3 is 2.19 bits per heavy atom. The van der Waals surface area contributed by atoms with Gasteiger partial charge in [0.1, 0.15) is 0 Å². The van der Waals surface area contributed by atoms with E-state index in [0.29, 0.717) is 22.6 Å². The normalized spacial score (nSPS) is 12.3. The summed E-state index contributed by atoms with van der Waals surface area (Å²) in [6, 6.07) is 15.3. The molecule has 0 unspecified atom stereocenters. The summed E-state index contributed by atoms with van der Waals surface area (Å²) in [5.41, 5.74) is 9.96. The molecule has 0 aliphatic heterocycles. The highest BCUT2D eigenvalue weighted by molar-refractivity contribution is 6.30.